The highest BCUT2D eigenvalue weighted by atomic mass is 16.6. The fraction of sp³-hybridized carbons (Fsp3) is 0.381. The number of rotatable bonds is 6. The highest BCUT2D eigenvalue weighted by Gasteiger charge is 2.17. The van der Waals surface area contributed by atoms with E-state index in [0.717, 1.165) is 34.3 Å². The number of hydrogen-bond donors (Lipinski definition) is 0. The van der Waals surface area contributed by atoms with Crippen molar-refractivity contribution >= 4 is 17.0 Å². The van der Waals surface area contributed by atoms with Crippen LogP contribution in [-0.4, -0.2) is 27.3 Å². The molecule has 1 aromatic carbocycles. The van der Waals surface area contributed by atoms with E-state index in [1.165, 1.54) is 0 Å². The molecular formula is C21H25N3O3. The van der Waals surface area contributed by atoms with Gasteiger partial charge >= 0.3 is 5.97 Å². The lowest BCUT2D eigenvalue weighted by Gasteiger charge is -2.14. The average Bonchev–Trinajstić information content (AvgIpc) is 2.96. The Hall–Kier alpha value is -2.89. The molecule has 0 bridgehead atoms. The molecular weight excluding hydrogens is 342 g/mol. The molecule has 0 aliphatic rings. The highest BCUT2D eigenvalue weighted by Crippen LogP contribution is 2.29. The fourth-order valence-corrected chi connectivity index (χ4v) is 3.13. The van der Waals surface area contributed by atoms with E-state index in [4.69, 9.17) is 9.47 Å². The van der Waals surface area contributed by atoms with E-state index in [2.05, 4.69) is 23.9 Å². The molecule has 2 aromatic heterocycles. The lowest BCUT2D eigenvalue weighted by Crippen LogP contribution is -2.19. The molecule has 6 nitrogen and oxygen atoms in total. The summed E-state index contributed by atoms with van der Waals surface area (Å²) in [4.78, 5) is 16.8. The number of esters is 1. The van der Waals surface area contributed by atoms with Crippen LogP contribution in [0.4, 0.5) is 0 Å². The molecule has 3 aromatic rings. The normalized spacial score (nSPS) is 12.2. The second-order valence-electron chi connectivity index (χ2n) is 6.82. The minimum Gasteiger partial charge on any atom is -0.464 e. The van der Waals surface area contributed by atoms with Gasteiger partial charge in [-0.15, -0.1) is 5.10 Å². The Balaban J connectivity index is 1.75. The Labute approximate surface area is 159 Å². The van der Waals surface area contributed by atoms with Crippen LogP contribution in [-0.2, 0) is 11.8 Å². The van der Waals surface area contributed by atoms with Crippen molar-refractivity contribution in [3.8, 4) is 11.6 Å². The summed E-state index contributed by atoms with van der Waals surface area (Å²) in [7, 11) is 1.81. The Morgan fingerprint density at radius 3 is 2.74 bits per heavy atom. The van der Waals surface area contributed by atoms with E-state index in [0.29, 0.717) is 17.5 Å². The summed E-state index contributed by atoms with van der Waals surface area (Å²) in [6.45, 7) is 7.92. The summed E-state index contributed by atoms with van der Waals surface area (Å²) in [6, 6.07) is 9.58. The minimum absolute atomic E-state index is 0.214. The Morgan fingerprint density at radius 2 is 2.00 bits per heavy atom. The molecule has 0 spiro atoms. The van der Waals surface area contributed by atoms with Gasteiger partial charge in [0.15, 0.2) is 12.3 Å². The first-order chi connectivity index (χ1) is 12.9. The molecule has 2 heterocycles. The van der Waals surface area contributed by atoms with E-state index < -0.39 is 5.97 Å². The van der Waals surface area contributed by atoms with Crippen LogP contribution in [0.25, 0.3) is 11.0 Å². The van der Waals surface area contributed by atoms with Gasteiger partial charge in [-0.2, -0.15) is 0 Å². The van der Waals surface area contributed by atoms with Crippen LogP contribution in [0, 0.1) is 13.8 Å². The van der Waals surface area contributed by atoms with Crippen molar-refractivity contribution in [2.24, 2.45) is 7.05 Å². The number of pyridine rings is 1. The third-order valence-corrected chi connectivity index (χ3v) is 4.70. The molecule has 0 saturated carbocycles. The third-order valence-electron chi connectivity index (χ3n) is 4.70. The molecule has 0 amide bonds. The molecule has 27 heavy (non-hydrogen) atoms. The number of carbonyl (C=O) groups excluding carboxylic acids is 1. The monoisotopic (exact) mass is 367 g/mol. The predicted octanol–water partition coefficient (Wildman–Crippen LogP) is 4.08. The molecule has 0 N–H and O–H groups in total. The summed E-state index contributed by atoms with van der Waals surface area (Å²) in [5, 5.41) is 5.17. The molecule has 3 rings (SSSR count). The third kappa shape index (κ3) is 3.94. The Morgan fingerprint density at radius 1 is 1.26 bits per heavy atom. The number of nitrogens with zero attached hydrogens (tertiary/aromatic N) is 3. The van der Waals surface area contributed by atoms with Crippen molar-refractivity contribution in [1.82, 2.24) is 14.8 Å². The van der Waals surface area contributed by atoms with Crippen LogP contribution in [0.5, 0.6) is 11.6 Å². The van der Waals surface area contributed by atoms with Gasteiger partial charge in [0.25, 0.3) is 0 Å². The van der Waals surface area contributed by atoms with E-state index >= 15 is 0 Å². The van der Waals surface area contributed by atoms with E-state index in [1.807, 2.05) is 51.2 Å². The molecule has 6 heteroatoms. The number of para-hydroxylation sites is 1. The van der Waals surface area contributed by atoms with Gasteiger partial charge in [-0.25, -0.2) is 14.5 Å². The van der Waals surface area contributed by atoms with Crippen LogP contribution < -0.4 is 9.47 Å². The van der Waals surface area contributed by atoms with Crippen molar-refractivity contribution in [3.05, 3.63) is 47.2 Å². The van der Waals surface area contributed by atoms with E-state index in [1.54, 1.807) is 4.68 Å². The number of aromatic nitrogens is 3. The lowest BCUT2D eigenvalue weighted by atomic mass is 9.98. The van der Waals surface area contributed by atoms with Crippen molar-refractivity contribution in [1.29, 1.82) is 0 Å². The highest BCUT2D eigenvalue weighted by molar-refractivity contribution is 5.85. The predicted molar refractivity (Wildman–Crippen MR) is 104 cm³/mol. The van der Waals surface area contributed by atoms with Crippen molar-refractivity contribution in [2.45, 2.75) is 40.0 Å². The number of fused-ring (bicyclic) bond motifs is 1. The van der Waals surface area contributed by atoms with Gasteiger partial charge in [0.05, 0.1) is 5.39 Å². The summed E-state index contributed by atoms with van der Waals surface area (Å²) in [6.07, 6.45) is 0.969. The van der Waals surface area contributed by atoms with Gasteiger partial charge in [-0.1, -0.05) is 32.0 Å². The van der Waals surface area contributed by atoms with Crippen molar-refractivity contribution in [2.75, 3.05) is 6.61 Å². The van der Waals surface area contributed by atoms with Gasteiger partial charge in [0.1, 0.15) is 5.75 Å². The number of hydrogen-bond acceptors (Lipinski definition) is 5. The summed E-state index contributed by atoms with van der Waals surface area (Å²) in [5.41, 5.74) is 3.68. The Bertz CT molecular complexity index is 978. The SMILES string of the molecule is CCC(C)c1ccccc1OC(=O)COc1nn(C)c2nc(C)cc(C)c12. The molecule has 0 fully saturated rings. The van der Waals surface area contributed by atoms with Crippen LogP contribution in [0.1, 0.15) is 43.0 Å². The quantitative estimate of drug-likeness (QED) is 0.485. The smallest absolute Gasteiger partial charge is 0.349 e. The molecule has 1 unspecified atom stereocenters. The first-order valence-corrected chi connectivity index (χ1v) is 9.14. The van der Waals surface area contributed by atoms with Crippen molar-refractivity contribution < 1.29 is 14.3 Å². The number of benzene rings is 1. The van der Waals surface area contributed by atoms with Gasteiger partial charge < -0.3 is 9.47 Å². The maximum absolute atomic E-state index is 12.3. The standard InChI is InChI=1S/C21H25N3O3/c1-6-13(2)16-9-7-8-10-17(16)27-18(25)12-26-21-19-14(3)11-15(4)22-20(19)24(5)23-21/h7-11,13H,6,12H2,1-5H3. The maximum Gasteiger partial charge on any atom is 0.349 e. The average molecular weight is 367 g/mol. The zero-order chi connectivity index (χ0) is 19.6. The van der Waals surface area contributed by atoms with Gasteiger partial charge in [0, 0.05) is 12.7 Å². The Kier molecular flexibility index (Phi) is 5.44. The first-order valence-electron chi connectivity index (χ1n) is 9.14. The van der Waals surface area contributed by atoms with Gasteiger partial charge in [-0.3, -0.25) is 0 Å². The van der Waals surface area contributed by atoms with Crippen LogP contribution >= 0.6 is 0 Å². The zero-order valence-electron chi connectivity index (χ0n) is 16.4. The first kappa shape index (κ1) is 18.9. The lowest BCUT2D eigenvalue weighted by molar-refractivity contribution is -0.136. The fourth-order valence-electron chi connectivity index (χ4n) is 3.13. The number of carbonyl (C=O) groups is 1. The van der Waals surface area contributed by atoms with Crippen LogP contribution in [0.2, 0.25) is 0 Å². The number of aryl methyl sites for hydroxylation is 3. The van der Waals surface area contributed by atoms with Crippen LogP contribution in [0.3, 0.4) is 0 Å². The van der Waals surface area contributed by atoms with E-state index in [-0.39, 0.29) is 6.61 Å². The molecule has 0 radical (unpaired) electrons. The second-order valence-corrected chi connectivity index (χ2v) is 6.82. The van der Waals surface area contributed by atoms with Crippen molar-refractivity contribution in [3.63, 3.8) is 0 Å². The molecule has 0 aliphatic heterocycles. The van der Waals surface area contributed by atoms with Crippen LogP contribution in [0.15, 0.2) is 30.3 Å². The summed E-state index contributed by atoms with van der Waals surface area (Å²) < 4.78 is 12.9. The molecule has 0 saturated heterocycles. The molecule has 1 atom stereocenters. The van der Waals surface area contributed by atoms with E-state index in [9.17, 15) is 4.79 Å². The second kappa shape index (κ2) is 7.78. The topological polar surface area (TPSA) is 66.2 Å². The molecule has 142 valence electrons. The summed E-state index contributed by atoms with van der Waals surface area (Å²) in [5.74, 6) is 0.832. The van der Waals surface area contributed by atoms with Gasteiger partial charge in [-0.05, 0) is 49.4 Å². The molecule has 0 aliphatic carbocycles. The minimum atomic E-state index is -0.456. The largest absolute Gasteiger partial charge is 0.464 e. The van der Waals surface area contributed by atoms with Gasteiger partial charge in [0.2, 0.25) is 5.88 Å². The zero-order valence-corrected chi connectivity index (χ0v) is 16.4. The maximum atomic E-state index is 12.3. The number of ether oxygens (including phenoxy) is 2. The summed E-state index contributed by atoms with van der Waals surface area (Å²) >= 11 is 0.